The van der Waals surface area contributed by atoms with E-state index in [9.17, 15) is 14.4 Å². The zero-order valence-electron chi connectivity index (χ0n) is 16.9. The summed E-state index contributed by atoms with van der Waals surface area (Å²) in [7, 11) is 0. The summed E-state index contributed by atoms with van der Waals surface area (Å²) in [5, 5.41) is 5.54. The van der Waals surface area contributed by atoms with Gasteiger partial charge in [0.15, 0.2) is 6.61 Å². The zero-order valence-corrected chi connectivity index (χ0v) is 16.9. The van der Waals surface area contributed by atoms with E-state index in [-0.39, 0.29) is 30.0 Å². The van der Waals surface area contributed by atoms with Crippen LogP contribution in [0.5, 0.6) is 0 Å². The summed E-state index contributed by atoms with van der Waals surface area (Å²) in [4.78, 5) is 36.8. The van der Waals surface area contributed by atoms with Crippen molar-refractivity contribution in [2.45, 2.75) is 45.6 Å². The van der Waals surface area contributed by atoms with Crippen LogP contribution in [0.4, 0.5) is 5.69 Å². The van der Waals surface area contributed by atoms with Gasteiger partial charge in [0, 0.05) is 11.6 Å². The van der Waals surface area contributed by atoms with Gasteiger partial charge in [0.05, 0.1) is 11.3 Å². The van der Waals surface area contributed by atoms with Gasteiger partial charge in [0.2, 0.25) is 0 Å². The molecule has 0 aliphatic carbocycles. The molecule has 0 unspecified atom stereocenters. The molecule has 0 aliphatic heterocycles. The number of esters is 1. The van der Waals surface area contributed by atoms with Crippen molar-refractivity contribution in [2.24, 2.45) is 0 Å². The molecule has 6 heteroatoms. The molecule has 0 saturated heterocycles. The van der Waals surface area contributed by atoms with E-state index in [2.05, 4.69) is 17.6 Å². The van der Waals surface area contributed by atoms with Crippen molar-refractivity contribution in [3.63, 3.8) is 0 Å². The predicted molar refractivity (Wildman–Crippen MR) is 113 cm³/mol. The molecule has 1 atom stereocenters. The number of nitrogens with one attached hydrogen (secondary N) is 2. The Morgan fingerprint density at radius 2 is 1.66 bits per heavy atom. The monoisotopic (exact) mass is 396 g/mol. The van der Waals surface area contributed by atoms with E-state index < -0.39 is 5.97 Å². The third-order valence-corrected chi connectivity index (χ3v) is 4.41. The number of benzene rings is 2. The standard InChI is InChI=1S/C23H28N2O4/c1-3-4-6-11-17(2)24-21(26)16-29-23(28)19-14-9-10-15-20(19)25-22(27)18-12-7-5-8-13-18/h5,7-10,12-15,17H,3-4,6,11,16H2,1-2H3,(H,24,26)(H,25,27)/t17-/m1/s1. The summed E-state index contributed by atoms with van der Waals surface area (Å²) in [5.74, 6) is -1.33. The molecule has 29 heavy (non-hydrogen) atoms. The molecule has 0 aliphatic rings. The van der Waals surface area contributed by atoms with Gasteiger partial charge < -0.3 is 15.4 Å². The van der Waals surface area contributed by atoms with Gasteiger partial charge in [-0.3, -0.25) is 9.59 Å². The van der Waals surface area contributed by atoms with E-state index in [1.165, 1.54) is 0 Å². The number of hydrogen-bond acceptors (Lipinski definition) is 4. The predicted octanol–water partition coefficient (Wildman–Crippen LogP) is 4.18. The second-order valence-electron chi connectivity index (χ2n) is 6.91. The van der Waals surface area contributed by atoms with Gasteiger partial charge in [-0.1, -0.05) is 56.5 Å². The first-order valence-electron chi connectivity index (χ1n) is 9.93. The Labute approximate surface area is 171 Å². The van der Waals surface area contributed by atoms with Gasteiger partial charge in [-0.25, -0.2) is 4.79 Å². The van der Waals surface area contributed by atoms with E-state index >= 15 is 0 Å². The number of rotatable bonds is 10. The van der Waals surface area contributed by atoms with Crippen LogP contribution in [0.2, 0.25) is 0 Å². The van der Waals surface area contributed by atoms with Crippen LogP contribution >= 0.6 is 0 Å². The second kappa shape index (κ2) is 11.6. The van der Waals surface area contributed by atoms with Gasteiger partial charge in [-0.15, -0.1) is 0 Å². The highest BCUT2D eigenvalue weighted by atomic mass is 16.5. The first-order valence-corrected chi connectivity index (χ1v) is 9.93. The first kappa shape index (κ1) is 22.1. The molecule has 6 nitrogen and oxygen atoms in total. The summed E-state index contributed by atoms with van der Waals surface area (Å²) < 4.78 is 5.14. The normalized spacial score (nSPS) is 11.4. The van der Waals surface area contributed by atoms with Crippen LogP contribution in [-0.4, -0.2) is 30.4 Å². The Morgan fingerprint density at radius 3 is 2.38 bits per heavy atom. The largest absolute Gasteiger partial charge is 0.452 e. The van der Waals surface area contributed by atoms with Crippen LogP contribution in [0.1, 0.15) is 60.2 Å². The number of para-hydroxylation sites is 1. The molecule has 0 saturated carbocycles. The Balaban J connectivity index is 1.91. The van der Waals surface area contributed by atoms with Gasteiger partial charge in [-0.2, -0.15) is 0 Å². The van der Waals surface area contributed by atoms with Crippen molar-refractivity contribution in [3.05, 3.63) is 65.7 Å². The minimum Gasteiger partial charge on any atom is -0.452 e. The van der Waals surface area contributed by atoms with Crippen molar-refractivity contribution < 1.29 is 19.1 Å². The maximum Gasteiger partial charge on any atom is 0.340 e. The topological polar surface area (TPSA) is 84.5 Å². The lowest BCUT2D eigenvalue weighted by molar-refractivity contribution is -0.124. The number of amides is 2. The summed E-state index contributed by atoms with van der Waals surface area (Å²) in [6, 6.07) is 15.3. The van der Waals surface area contributed by atoms with E-state index in [4.69, 9.17) is 4.74 Å². The van der Waals surface area contributed by atoms with Crippen LogP contribution < -0.4 is 10.6 Å². The van der Waals surface area contributed by atoms with E-state index in [0.717, 1.165) is 25.7 Å². The van der Waals surface area contributed by atoms with Crippen molar-refractivity contribution in [1.82, 2.24) is 5.32 Å². The van der Waals surface area contributed by atoms with Crippen LogP contribution in [0.15, 0.2) is 54.6 Å². The SMILES string of the molecule is CCCCC[C@@H](C)NC(=O)COC(=O)c1ccccc1NC(=O)c1ccccc1. The number of unbranched alkanes of at least 4 members (excludes halogenated alkanes) is 2. The smallest absolute Gasteiger partial charge is 0.340 e. The van der Waals surface area contributed by atoms with Crippen LogP contribution in [0.3, 0.4) is 0 Å². The number of ether oxygens (including phenoxy) is 1. The van der Waals surface area contributed by atoms with Gasteiger partial charge in [0.25, 0.3) is 11.8 Å². The minimum atomic E-state index is -0.664. The average molecular weight is 396 g/mol. The van der Waals surface area contributed by atoms with Crippen LogP contribution in [0, 0.1) is 0 Å². The molecule has 2 aromatic carbocycles. The molecule has 0 fully saturated rings. The molecular weight excluding hydrogens is 368 g/mol. The molecule has 2 N–H and O–H groups in total. The van der Waals surface area contributed by atoms with Crippen molar-refractivity contribution in [2.75, 3.05) is 11.9 Å². The van der Waals surface area contributed by atoms with E-state index in [0.29, 0.717) is 11.3 Å². The highest BCUT2D eigenvalue weighted by Gasteiger charge is 2.17. The number of anilines is 1. The highest BCUT2D eigenvalue weighted by Crippen LogP contribution is 2.17. The third kappa shape index (κ3) is 7.41. The highest BCUT2D eigenvalue weighted by molar-refractivity contribution is 6.08. The Bertz CT molecular complexity index is 821. The molecule has 0 aromatic heterocycles. The van der Waals surface area contributed by atoms with Gasteiger partial charge in [-0.05, 0) is 37.6 Å². The van der Waals surface area contributed by atoms with Gasteiger partial charge in [0.1, 0.15) is 0 Å². The third-order valence-electron chi connectivity index (χ3n) is 4.41. The molecule has 0 radical (unpaired) electrons. The fraction of sp³-hybridized carbons (Fsp3) is 0.348. The van der Waals surface area contributed by atoms with Crippen molar-refractivity contribution in [3.8, 4) is 0 Å². The molecule has 154 valence electrons. The fourth-order valence-electron chi connectivity index (χ4n) is 2.85. The summed E-state index contributed by atoms with van der Waals surface area (Å²) in [6.07, 6.45) is 4.19. The van der Waals surface area contributed by atoms with E-state index in [1.807, 2.05) is 13.0 Å². The zero-order chi connectivity index (χ0) is 21.1. The quantitative estimate of drug-likeness (QED) is 0.466. The lowest BCUT2D eigenvalue weighted by Crippen LogP contribution is -2.35. The number of hydrogen-bond donors (Lipinski definition) is 2. The molecular formula is C23H28N2O4. The molecule has 0 heterocycles. The maximum atomic E-state index is 12.4. The van der Waals surface area contributed by atoms with Crippen molar-refractivity contribution >= 4 is 23.5 Å². The average Bonchev–Trinajstić information content (AvgIpc) is 2.73. The molecule has 0 bridgehead atoms. The number of carbonyl (C=O) groups is 3. The molecule has 2 rings (SSSR count). The lowest BCUT2D eigenvalue weighted by Gasteiger charge is -2.14. The van der Waals surface area contributed by atoms with Crippen LogP contribution in [0.25, 0.3) is 0 Å². The summed E-state index contributed by atoms with van der Waals surface area (Å²) in [6.45, 7) is 3.70. The van der Waals surface area contributed by atoms with Gasteiger partial charge >= 0.3 is 5.97 Å². The Hall–Kier alpha value is -3.15. The van der Waals surface area contributed by atoms with Crippen molar-refractivity contribution in [1.29, 1.82) is 0 Å². The molecule has 2 amide bonds. The first-order chi connectivity index (χ1) is 14.0. The molecule has 2 aromatic rings. The number of carbonyl (C=O) groups excluding carboxylic acids is 3. The summed E-state index contributed by atoms with van der Waals surface area (Å²) >= 11 is 0. The Morgan fingerprint density at radius 1 is 0.966 bits per heavy atom. The Kier molecular flexibility index (Phi) is 8.89. The second-order valence-corrected chi connectivity index (χ2v) is 6.91. The minimum absolute atomic E-state index is 0.0326. The molecule has 0 spiro atoms. The fourth-order valence-corrected chi connectivity index (χ4v) is 2.85. The van der Waals surface area contributed by atoms with Crippen LogP contribution in [-0.2, 0) is 9.53 Å². The lowest BCUT2D eigenvalue weighted by atomic mass is 10.1. The maximum absolute atomic E-state index is 12.4. The summed E-state index contributed by atoms with van der Waals surface area (Å²) in [5.41, 5.74) is 1.01. The van der Waals surface area contributed by atoms with E-state index in [1.54, 1.807) is 48.5 Å².